The van der Waals surface area contributed by atoms with Crippen molar-refractivity contribution in [2.45, 2.75) is 70.6 Å². The van der Waals surface area contributed by atoms with Gasteiger partial charge >= 0.3 is 0 Å². The van der Waals surface area contributed by atoms with Crippen molar-refractivity contribution in [2.24, 2.45) is 0 Å². The molecule has 0 N–H and O–H groups in total. The summed E-state index contributed by atoms with van der Waals surface area (Å²) in [5.41, 5.74) is 1.26. The minimum Gasteiger partial charge on any atom is -0.748 e. The molecule has 4 heteroatoms. The summed E-state index contributed by atoms with van der Waals surface area (Å²) in [7, 11) is -4.09. The molecule has 1 atom stereocenters. The molecule has 0 aliphatic carbocycles. The van der Waals surface area contributed by atoms with Crippen molar-refractivity contribution in [3.8, 4) is 0 Å². The van der Waals surface area contributed by atoms with Gasteiger partial charge in [-0.25, -0.2) is 8.42 Å². The fourth-order valence-corrected chi connectivity index (χ4v) is 3.40. The van der Waals surface area contributed by atoms with E-state index < -0.39 is 10.1 Å². The van der Waals surface area contributed by atoms with Crippen molar-refractivity contribution < 1.29 is 13.0 Å². The Balaban J connectivity index is 2.42. The zero-order chi connectivity index (χ0) is 16.3. The Hall–Kier alpha value is -0.870. The second-order valence-corrected chi connectivity index (χ2v) is 7.59. The molecule has 0 amide bonds. The van der Waals surface area contributed by atoms with E-state index in [2.05, 4.69) is 19.1 Å². The van der Waals surface area contributed by atoms with Crippen LogP contribution in [0.3, 0.4) is 0 Å². The van der Waals surface area contributed by atoms with Crippen molar-refractivity contribution in [2.75, 3.05) is 5.75 Å². The van der Waals surface area contributed by atoms with Crippen LogP contribution in [0.5, 0.6) is 0 Å². The van der Waals surface area contributed by atoms with E-state index in [0.717, 1.165) is 12.8 Å². The van der Waals surface area contributed by atoms with Gasteiger partial charge in [-0.2, -0.15) is 0 Å². The lowest BCUT2D eigenvalue weighted by Gasteiger charge is -2.18. The zero-order valence-electron chi connectivity index (χ0n) is 13.7. The molecule has 0 bridgehead atoms. The normalized spacial score (nSPS) is 13.2. The van der Waals surface area contributed by atoms with Crippen molar-refractivity contribution in [3.63, 3.8) is 0 Å². The van der Waals surface area contributed by atoms with Gasteiger partial charge in [0.05, 0.1) is 10.1 Å². The van der Waals surface area contributed by atoms with Crippen LogP contribution in [0.4, 0.5) is 0 Å². The molecule has 22 heavy (non-hydrogen) atoms. The molecule has 0 aliphatic heterocycles. The first-order valence-corrected chi connectivity index (χ1v) is 10.1. The summed E-state index contributed by atoms with van der Waals surface area (Å²) in [6.07, 6.45) is 9.89. The van der Waals surface area contributed by atoms with Gasteiger partial charge in [-0.05, 0) is 30.7 Å². The summed E-state index contributed by atoms with van der Waals surface area (Å²) in [6.45, 7) is 2.22. The SMILES string of the molecule is CCCCCCCCC(CCCS(=O)(=O)[O-])c1ccccc1. The molecule has 0 radical (unpaired) electrons. The van der Waals surface area contributed by atoms with E-state index in [9.17, 15) is 13.0 Å². The molecule has 0 saturated heterocycles. The van der Waals surface area contributed by atoms with Crippen LogP contribution >= 0.6 is 0 Å². The fourth-order valence-electron chi connectivity index (χ4n) is 2.88. The van der Waals surface area contributed by atoms with Crippen molar-refractivity contribution in [1.29, 1.82) is 0 Å². The van der Waals surface area contributed by atoms with E-state index in [1.54, 1.807) is 0 Å². The maximum Gasteiger partial charge on any atom is 0.0945 e. The maximum absolute atomic E-state index is 10.8. The monoisotopic (exact) mass is 325 g/mol. The lowest BCUT2D eigenvalue weighted by atomic mass is 9.89. The van der Waals surface area contributed by atoms with Crippen LogP contribution < -0.4 is 0 Å². The standard InChI is InChI=1S/C18H30O3S/c1-2-3-4-5-6-8-12-18(15-11-16-22(19,20)21)17-13-9-7-10-14-17/h7,9-10,13-14,18H,2-6,8,11-12,15-16H2,1H3,(H,19,20,21)/p-1. The van der Waals surface area contributed by atoms with Crippen LogP contribution in [0, 0.1) is 0 Å². The van der Waals surface area contributed by atoms with E-state index in [-0.39, 0.29) is 5.75 Å². The largest absolute Gasteiger partial charge is 0.748 e. The Labute approximate surface area is 135 Å². The minimum absolute atomic E-state index is 0.243. The van der Waals surface area contributed by atoms with Crippen LogP contribution in [-0.2, 0) is 10.1 Å². The third kappa shape index (κ3) is 9.21. The van der Waals surface area contributed by atoms with Gasteiger partial charge in [0.1, 0.15) is 0 Å². The molecular weight excluding hydrogens is 296 g/mol. The van der Waals surface area contributed by atoms with E-state index in [1.807, 2.05) is 18.2 Å². The zero-order valence-corrected chi connectivity index (χ0v) is 14.5. The van der Waals surface area contributed by atoms with Crippen LogP contribution in [0.1, 0.15) is 76.2 Å². The fraction of sp³-hybridized carbons (Fsp3) is 0.667. The Morgan fingerprint density at radius 2 is 1.50 bits per heavy atom. The highest BCUT2D eigenvalue weighted by Crippen LogP contribution is 2.27. The molecule has 1 rings (SSSR count). The predicted molar refractivity (Wildman–Crippen MR) is 91.0 cm³/mol. The Morgan fingerprint density at radius 3 is 2.14 bits per heavy atom. The van der Waals surface area contributed by atoms with Crippen molar-refractivity contribution in [3.05, 3.63) is 35.9 Å². The highest BCUT2D eigenvalue weighted by atomic mass is 32.2. The summed E-state index contributed by atoms with van der Waals surface area (Å²) in [5.74, 6) is 0.126. The van der Waals surface area contributed by atoms with E-state index in [4.69, 9.17) is 0 Å². The summed E-state index contributed by atoms with van der Waals surface area (Å²) < 4.78 is 32.3. The molecule has 3 nitrogen and oxygen atoms in total. The van der Waals surface area contributed by atoms with Gasteiger partial charge in [0.25, 0.3) is 0 Å². The van der Waals surface area contributed by atoms with Crippen LogP contribution in [0.15, 0.2) is 30.3 Å². The van der Waals surface area contributed by atoms with Gasteiger partial charge in [0.2, 0.25) is 0 Å². The van der Waals surface area contributed by atoms with E-state index in [1.165, 1.54) is 44.1 Å². The van der Waals surface area contributed by atoms with Gasteiger partial charge in [0, 0.05) is 5.75 Å². The molecule has 1 aromatic carbocycles. The molecule has 1 unspecified atom stereocenters. The van der Waals surface area contributed by atoms with Gasteiger partial charge < -0.3 is 4.55 Å². The topological polar surface area (TPSA) is 57.2 Å². The Bertz CT molecular complexity index is 482. The second kappa shape index (κ2) is 10.8. The lowest BCUT2D eigenvalue weighted by molar-refractivity contribution is 0.455. The molecule has 0 aromatic heterocycles. The summed E-state index contributed by atoms with van der Waals surface area (Å²) in [5, 5.41) is 0. The van der Waals surface area contributed by atoms with Crippen LogP contribution in [0.2, 0.25) is 0 Å². The molecule has 0 spiro atoms. The first-order valence-electron chi connectivity index (χ1n) is 8.51. The average molecular weight is 325 g/mol. The number of benzene rings is 1. The number of hydrogen-bond donors (Lipinski definition) is 0. The third-order valence-electron chi connectivity index (χ3n) is 4.12. The Kier molecular flexibility index (Phi) is 9.41. The number of hydrogen-bond acceptors (Lipinski definition) is 3. The minimum atomic E-state index is -4.09. The average Bonchev–Trinajstić information content (AvgIpc) is 2.48. The van der Waals surface area contributed by atoms with Gasteiger partial charge in [-0.3, -0.25) is 0 Å². The van der Waals surface area contributed by atoms with Gasteiger partial charge in [0.15, 0.2) is 0 Å². The first kappa shape index (κ1) is 19.2. The molecular formula is C18H29O3S-. The van der Waals surface area contributed by atoms with Crippen molar-refractivity contribution >= 4 is 10.1 Å². The maximum atomic E-state index is 10.8. The van der Waals surface area contributed by atoms with Gasteiger partial charge in [-0.15, -0.1) is 0 Å². The van der Waals surface area contributed by atoms with Gasteiger partial charge in [-0.1, -0.05) is 75.8 Å². The molecule has 126 valence electrons. The smallest absolute Gasteiger partial charge is 0.0945 e. The molecule has 0 heterocycles. The molecule has 0 aliphatic rings. The molecule has 1 aromatic rings. The second-order valence-electron chi connectivity index (χ2n) is 6.07. The summed E-state index contributed by atoms with van der Waals surface area (Å²) >= 11 is 0. The quantitative estimate of drug-likeness (QED) is 0.408. The van der Waals surface area contributed by atoms with E-state index in [0.29, 0.717) is 12.3 Å². The van der Waals surface area contributed by atoms with Crippen molar-refractivity contribution in [1.82, 2.24) is 0 Å². The number of unbranched alkanes of at least 4 members (excludes halogenated alkanes) is 5. The summed E-state index contributed by atoms with van der Waals surface area (Å²) in [6, 6.07) is 10.2. The third-order valence-corrected chi connectivity index (χ3v) is 4.91. The number of rotatable bonds is 12. The predicted octanol–water partition coefficient (Wildman–Crippen LogP) is 4.85. The van der Waals surface area contributed by atoms with Crippen LogP contribution in [-0.4, -0.2) is 18.7 Å². The first-order chi connectivity index (χ1) is 10.5. The molecule has 0 fully saturated rings. The highest BCUT2D eigenvalue weighted by molar-refractivity contribution is 7.85. The highest BCUT2D eigenvalue weighted by Gasteiger charge is 2.11. The Morgan fingerprint density at radius 1 is 0.909 bits per heavy atom. The summed E-state index contributed by atoms with van der Waals surface area (Å²) in [4.78, 5) is 0. The van der Waals surface area contributed by atoms with E-state index >= 15 is 0 Å². The lowest BCUT2D eigenvalue weighted by Crippen LogP contribution is -2.07. The van der Waals surface area contributed by atoms with Crippen LogP contribution in [0.25, 0.3) is 0 Å². The molecule has 0 saturated carbocycles.